The van der Waals surface area contributed by atoms with Crippen molar-refractivity contribution in [1.82, 2.24) is 0 Å². The van der Waals surface area contributed by atoms with Crippen molar-refractivity contribution in [2.45, 2.75) is 25.8 Å². The summed E-state index contributed by atoms with van der Waals surface area (Å²) in [6.07, 6.45) is 1.87. The minimum absolute atomic E-state index is 0.211. The van der Waals surface area contributed by atoms with Crippen LogP contribution in [0.25, 0.3) is 0 Å². The number of benzene rings is 2. The van der Waals surface area contributed by atoms with E-state index in [0.717, 1.165) is 28.8 Å². The molecule has 0 aliphatic rings. The average Bonchev–Trinajstić information content (AvgIpc) is 2.42. The van der Waals surface area contributed by atoms with E-state index in [-0.39, 0.29) is 6.04 Å². The Hall–Kier alpha value is -1.32. The number of nitrogens with two attached hydrogens (primary N) is 1. The van der Waals surface area contributed by atoms with E-state index in [0.29, 0.717) is 0 Å². The lowest BCUT2D eigenvalue weighted by Crippen LogP contribution is -2.21. The molecule has 3 heteroatoms. The summed E-state index contributed by atoms with van der Waals surface area (Å²) in [5.41, 5.74) is 7.19. The molecule has 0 bridgehead atoms. The van der Waals surface area contributed by atoms with Gasteiger partial charge < -0.3 is 10.5 Å². The summed E-state index contributed by atoms with van der Waals surface area (Å²) in [4.78, 5) is 0. The minimum Gasteiger partial charge on any atom is -0.457 e. The quantitative estimate of drug-likeness (QED) is 0.879. The Kier molecular flexibility index (Phi) is 5.00. The molecule has 19 heavy (non-hydrogen) atoms. The number of rotatable bonds is 5. The highest BCUT2D eigenvalue weighted by molar-refractivity contribution is 9.10. The molecule has 0 aliphatic carbocycles. The lowest BCUT2D eigenvalue weighted by molar-refractivity contribution is 0.481. The topological polar surface area (TPSA) is 35.2 Å². The molecule has 2 aromatic carbocycles. The van der Waals surface area contributed by atoms with Gasteiger partial charge in [-0.15, -0.1) is 0 Å². The first-order chi connectivity index (χ1) is 9.17. The van der Waals surface area contributed by atoms with Gasteiger partial charge in [0, 0.05) is 10.5 Å². The first kappa shape index (κ1) is 14.1. The zero-order valence-electron chi connectivity index (χ0n) is 11.0. The molecule has 0 radical (unpaired) electrons. The van der Waals surface area contributed by atoms with Crippen LogP contribution < -0.4 is 10.5 Å². The summed E-state index contributed by atoms with van der Waals surface area (Å²) in [5, 5.41) is 0. The first-order valence-corrected chi connectivity index (χ1v) is 7.24. The molecule has 0 fully saturated rings. The van der Waals surface area contributed by atoms with Gasteiger partial charge in [-0.05, 0) is 54.8 Å². The lowest BCUT2D eigenvalue weighted by Gasteiger charge is -2.11. The fourth-order valence-electron chi connectivity index (χ4n) is 1.82. The van der Waals surface area contributed by atoms with Gasteiger partial charge in [0.25, 0.3) is 0 Å². The molecule has 2 aromatic rings. The Morgan fingerprint density at radius 2 is 1.84 bits per heavy atom. The summed E-state index contributed by atoms with van der Waals surface area (Å²) in [7, 11) is 0. The molecular formula is C16H18BrNO. The van der Waals surface area contributed by atoms with E-state index >= 15 is 0 Å². The fourth-order valence-corrected chi connectivity index (χ4v) is 2.09. The highest BCUT2D eigenvalue weighted by Crippen LogP contribution is 2.24. The van der Waals surface area contributed by atoms with Crippen LogP contribution in [0.2, 0.25) is 0 Å². The molecule has 1 atom stereocenters. The summed E-state index contributed by atoms with van der Waals surface area (Å²) in [5.74, 6) is 1.68. The molecule has 1 unspecified atom stereocenters. The Balaban J connectivity index is 2.08. The van der Waals surface area contributed by atoms with E-state index in [9.17, 15) is 0 Å². The Bertz CT molecular complexity index is 525. The standard InChI is InChI=1S/C16H18BrNO/c1-2-14(18)10-12-4-3-5-16(11-12)19-15-8-6-13(17)7-9-15/h3-9,11,14H,2,10,18H2,1H3. The van der Waals surface area contributed by atoms with Gasteiger partial charge in [0.05, 0.1) is 0 Å². The molecular weight excluding hydrogens is 302 g/mol. The molecule has 2 nitrogen and oxygen atoms in total. The number of hydrogen-bond donors (Lipinski definition) is 1. The van der Waals surface area contributed by atoms with Crippen LogP contribution in [-0.4, -0.2) is 6.04 Å². The van der Waals surface area contributed by atoms with E-state index in [2.05, 4.69) is 35.0 Å². The second-order valence-electron chi connectivity index (χ2n) is 4.58. The number of ether oxygens (including phenoxy) is 1. The summed E-state index contributed by atoms with van der Waals surface area (Å²) in [6, 6.07) is 16.1. The van der Waals surface area contributed by atoms with Gasteiger partial charge in [0.1, 0.15) is 11.5 Å². The van der Waals surface area contributed by atoms with E-state index < -0.39 is 0 Å². The molecule has 0 aromatic heterocycles. The third kappa shape index (κ3) is 4.37. The molecule has 100 valence electrons. The maximum Gasteiger partial charge on any atom is 0.127 e. The Morgan fingerprint density at radius 3 is 2.53 bits per heavy atom. The van der Waals surface area contributed by atoms with Crippen LogP contribution in [0.4, 0.5) is 0 Å². The predicted molar refractivity (Wildman–Crippen MR) is 82.6 cm³/mol. The summed E-state index contributed by atoms with van der Waals surface area (Å²) >= 11 is 3.41. The largest absolute Gasteiger partial charge is 0.457 e. The van der Waals surface area contributed by atoms with Crippen molar-refractivity contribution in [3.63, 3.8) is 0 Å². The van der Waals surface area contributed by atoms with Gasteiger partial charge in [0.15, 0.2) is 0 Å². The molecule has 0 saturated carbocycles. The van der Waals surface area contributed by atoms with Gasteiger partial charge in [-0.1, -0.05) is 35.0 Å². The normalized spacial score (nSPS) is 12.2. The van der Waals surface area contributed by atoms with Gasteiger partial charge >= 0.3 is 0 Å². The van der Waals surface area contributed by atoms with Crippen LogP contribution in [0.3, 0.4) is 0 Å². The summed E-state index contributed by atoms with van der Waals surface area (Å²) in [6.45, 7) is 2.10. The van der Waals surface area contributed by atoms with Crippen molar-refractivity contribution in [3.8, 4) is 11.5 Å². The van der Waals surface area contributed by atoms with Crippen LogP contribution in [0.5, 0.6) is 11.5 Å². The highest BCUT2D eigenvalue weighted by Gasteiger charge is 2.03. The minimum atomic E-state index is 0.211. The molecule has 0 spiro atoms. The fraction of sp³-hybridized carbons (Fsp3) is 0.250. The zero-order valence-corrected chi connectivity index (χ0v) is 12.6. The van der Waals surface area contributed by atoms with Crippen molar-refractivity contribution < 1.29 is 4.74 Å². The van der Waals surface area contributed by atoms with Crippen LogP contribution >= 0.6 is 15.9 Å². The van der Waals surface area contributed by atoms with Crippen LogP contribution in [0, 0.1) is 0 Å². The Morgan fingerprint density at radius 1 is 1.11 bits per heavy atom. The van der Waals surface area contributed by atoms with Crippen molar-refractivity contribution in [3.05, 3.63) is 58.6 Å². The smallest absolute Gasteiger partial charge is 0.127 e. The molecule has 0 aliphatic heterocycles. The van der Waals surface area contributed by atoms with Crippen molar-refractivity contribution in [1.29, 1.82) is 0 Å². The van der Waals surface area contributed by atoms with Crippen molar-refractivity contribution in [2.75, 3.05) is 0 Å². The van der Waals surface area contributed by atoms with Crippen molar-refractivity contribution in [2.24, 2.45) is 5.73 Å². The predicted octanol–water partition coefficient (Wildman–Crippen LogP) is 4.52. The van der Waals surface area contributed by atoms with Crippen LogP contribution in [-0.2, 0) is 6.42 Å². The van der Waals surface area contributed by atoms with E-state index in [1.807, 2.05) is 36.4 Å². The van der Waals surface area contributed by atoms with Crippen LogP contribution in [0.15, 0.2) is 53.0 Å². The zero-order chi connectivity index (χ0) is 13.7. The maximum atomic E-state index is 5.98. The lowest BCUT2D eigenvalue weighted by atomic mass is 10.0. The number of halogens is 1. The third-order valence-electron chi connectivity index (χ3n) is 2.97. The molecule has 0 amide bonds. The monoisotopic (exact) mass is 319 g/mol. The summed E-state index contributed by atoms with van der Waals surface area (Å²) < 4.78 is 6.87. The van der Waals surface area contributed by atoms with Gasteiger partial charge in [-0.2, -0.15) is 0 Å². The Labute approximate surface area is 122 Å². The van der Waals surface area contributed by atoms with E-state index in [4.69, 9.17) is 10.5 Å². The first-order valence-electron chi connectivity index (χ1n) is 6.45. The molecule has 2 rings (SSSR count). The molecule has 2 N–H and O–H groups in total. The second-order valence-corrected chi connectivity index (χ2v) is 5.49. The van der Waals surface area contributed by atoms with Gasteiger partial charge in [-0.25, -0.2) is 0 Å². The highest BCUT2D eigenvalue weighted by atomic mass is 79.9. The van der Waals surface area contributed by atoms with Gasteiger partial charge in [-0.3, -0.25) is 0 Å². The van der Waals surface area contributed by atoms with Crippen molar-refractivity contribution >= 4 is 15.9 Å². The molecule has 0 heterocycles. The van der Waals surface area contributed by atoms with E-state index in [1.54, 1.807) is 0 Å². The third-order valence-corrected chi connectivity index (χ3v) is 3.50. The molecule has 0 saturated heterocycles. The van der Waals surface area contributed by atoms with Crippen LogP contribution in [0.1, 0.15) is 18.9 Å². The van der Waals surface area contributed by atoms with Gasteiger partial charge in [0.2, 0.25) is 0 Å². The second kappa shape index (κ2) is 6.73. The SMILES string of the molecule is CCC(N)Cc1cccc(Oc2ccc(Br)cc2)c1. The average molecular weight is 320 g/mol. The number of hydrogen-bond acceptors (Lipinski definition) is 2. The van der Waals surface area contributed by atoms with E-state index in [1.165, 1.54) is 5.56 Å². The maximum absolute atomic E-state index is 5.98.